The number of hydrogen-bond acceptors (Lipinski definition) is 3. The van der Waals surface area contributed by atoms with Gasteiger partial charge < -0.3 is 15.4 Å². The van der Waals surface area contributed by atoms with Gasteiger partial charge in [0.05, 0.1) is 12.6 Å². The molecule has 0 bridgehead atoms. The predicted octanol–water partition coefficient (Wildman–Crippen LogP) is 2.44. The van der Waals surface area contributed by atoms with E-state index in [9.17, 15) is 9.18 Å². The van der Waals surface area contributed by atoms with Gasteiger partial charge in [-0.15, -0.1) is 12.4 Å². The highest BCUT2D eigenvalue weighted by molar-refractivity contribution is 5.85. The first-order chi connectivity index (χ1) is 11.2. The van der Waals surface area contributed by atoms with Gasteiger partial charge in [-0.25, -0.2) is 4.39 Å². The van der Waals surface area contributed by atoms with Gasteiger partial charge in [0.2, 0.25) is 0 Å². The number of nitrogens with one attached hydrogen (secondary N) is 2. The largest absolute Gasteiger partial charge is 0.366 e. The summed E-state index contributed by atoms with van der Waals surface area (Å²) in [6.45, 7) is 1.77. The minimum Gasteiger partial charge on any atom is -0.366 e. The summed E-state index contributed by atoms with van der Waals surface area (Å²) < 4.78 is 18.7. The van der Waals surface area contributed by atoms with Crippen LogP contribution in [0.4, 0.5) is 4.39 Å². The third kappa shape index (κ3) is 4.54. The van der Waals surface area contributed by atoms with Gasteiger partial charge in [-0.2, -0.15) is 0 Å². The molecule has 2 aromatic rings. The van der Waals surface area contributed by atoms with E-state index in [-0.39, 0.29) is 30.2 Å². The van der Waals surface area contributed by atoms with Crippen LogP contribution in [-0.4, -0.2) is 31.7 Å². The molecule has 0 radical (unpaired) electrons. The highest BCUT2D eigenvalue weighted by Crippen LogP contribution is 2.22. The second kappa shape index (κ2) is 8.78. The zero-order valence-corrected chi connectivity index (χ0v) is 13.9. The van der Waals surface area contributed by atoms with Crippen LogP contribution in [0.5, 0.6) is 0 Å². The lowest BCUT2D eigenvalue weighted by atomic mass is 9.98. The molecule has 2 atom stereocenters. The Labute approximate surface area is 146 Å². The summed E-state index contributed by atoms with van der Waals surface area (Å²) >= 11 is 0. The van der Waals surface area contributed by atoms with Gasteiger partial charge in [0.15, 0.2) is 0 Å². The number of carbonyl (C=O) groups is 1. The van der Waals surface area contributed by atoms with E-state index in [0.717, 1.165) is 17.7 Å². The summed E-state index contributed by atoms with van der Waals surface area (Å²) in [5, 5.41) is 6.15. The van der Waals surface area contributed by atoms with Crippen LogP contribution in [0.15, 0.2) is 54.6 Å². The van der Waals surface area contributed by atoms with Crippen molar-refractivity contribution in [2.45, 2.75) is 12.1 Å². The van der Waals surface area contributed by atoms with Crippen molar-refractivity contribution >= 4 is 18.3 Å². The molecule has 2 unspecified atom stereocenters. The van der Waals surface area contributed by atoms with Crippen molar-refractivity contribution in [3.8, 4) is 0 Å². The topological polar surface area (TPSA) is 50.4 Å². The summed E-state index contributed by atoms with van der Waals surface area (Å²) in [7, 11) is 0. The van der Waals surface area contributed by atoms with Crippen LogP contribution >= 0.6 is 12.4 Å². The van der Waals surface area contributed by atoms with Gasteiger partial charge in [-0.05, 0) is 23.3 Å². The summed E-state index contributed by atoms with van der Waals surface area (Å²) in [4.78, 5) is 12.5. The Hall–Kier alpha value is -1.95. The molecule has 1 saturated heterocycles. The van der Waals surface area contributed by atoms with Crippen LogP contribution in [0.2, 0.25) is 0 Å². The number of halogens is 2. The van der Waals surface area contributed by atoms with E-state index >= 15 is 0 Å². The number of hydrogen-bond donors (Lipinski definition) is 2. The minimum absolute atomic E-state index is 0. The molecule has 2 aromatic carbocycles. The molecule has 4 nitrogen and oxygen atoms in total. The molecule has 128 valence electrons. The molecule has 1 aliphatic heterocycles. The van der Waals surface area contributed by atoms with Crippen molar-refractivity contribution in [3.63, 3.8) is 0 Å². The van der Waals surface area contributed by atoms with E-state index in [1.807, 2.05) is 30.3 Å². The monoisotopic (exact) mass is 350 g/mol. The molecular weight excluding hydrogens is 331 g/mol. The van der Waals surface area contributed by atoms with Crippen LogP contribution in [0.25, 0.3) is 0 Å². The maximum Gasteiger partial charge on any atom is 0.251 e. The Morgan fingerprint density at radius 1 is 1.12 bits per heavy atom. The number of morpholine rings is 1. The van der Waals surface area contributed by atoms with Gasteiger partial charge in [0, 0.05) is 13.1 Å². The van der Waals surface area contributed by atoms with Crippen LogP contribution < -0.4 is 10.6 Å². The van der Waals surface area contributed by atoms with Crippen molar-refractivity contribution < 1.29 is 13.9 Å². The van der Waals surface area contributed by atoms with Crippen LogP contribution in [0.3, 0.4) is 0 Å². The fourth-order valence-electron chi connectivity index (χ4n) is 2.63. The lowest BCUT2D eigenvalue weighted by Gasteiger charge is -2.26. The Bertz CT molecular complexity index is 646. The summed E-state index contributed by atoms with van der Waals surface area (Å²) in [6.07, 6.45) is -0.504. The second-order valence-electron chi connectivity index (χ2n) is 5.47. The minimum atomic E-state index is -0.504. The zero-order valence-electron chi connectivity index (χ0n) is 13.1. The normalized spacial score (nSPS) is 18.3. The van der Waals surface area contributed by atoms with E-state index in [0.29, 0.717) is 13.2 Å². The summed E-state index contributed by atoms with van der Waals surface area (Å²) in [6, 6.07) is 15.5. The quantitative estimate of drug-likeness (QED) is 0.890. The first kappa shape index (κ1) is 18.4. The lowest BCUT2D eigenvalue weighted by molar-refractivity contribution is -0.134. The van der Waals surface area contributed by atoms with E-state index in [1.54, 1.807) is 12.1 Å². The third-order valence-corrected chi connectivity index (χ3v) is 3.84. The maximum absolute atomic E-state index is 13.2. The van der Waals surface area contributed by atoms with Gasteiger partial charge in [-0.3, -0.25) is 4.79 Å². The average Bonchev–Trinajstić information content (AvgIpc) is 2.62. The Balaban J connectivity index is 0.00000208. The fourth-order valence-corrected chi connectivity index (χ4v) is 2.63. The number of carbonyl (C=O) groups excluding carboxylic acids is 1. The third-order valence-electron chi connectivity index (χ3n) is 3.84. The molecule has 2 N–H and O–H groups in total. The summed E-state index contributed by atoms with van der Waals surface area (Å²) in [5.74, 6) is -0.470. The molecule has 0 spiro atoms. The van der Waals surface area contributed by atoms with E-state index < -0.39 is 6.10 Å². The van der Waals surface area contributed by atoms with Gasteiger partial charge in [0.1, 0.15) is 11.9 Å². The Kier molecular flexibility index (Phi) is 6.73. The van der Waals surface area contributed by atoms with Crippen LogP contribution in [0, 0.1) is 5.82 Å². The van der Waals surface area contributed by atoms with Crippen LogP contribution in [0.1, 0.15) is 17.2 Å². The van der Waals surface area contributed by atoms with Gasteiger partial charge >= 0.3 is 0 Å². The molecule has 0 aromatic heterocycles. The smallest absolute Gasteiger partial charge is 0.251 e. The maximum atomic E-state index is 13.2. The second-order valence-corrected chi connectivity index (χ2v) is 5.47. The highest BCUT2D eigenvalue weighted by Gasteiger charge is 2.25. The Morgan fingerprint density at radius 2 is 1.79 bits per heavy atom. The first-order valence-electron chi connectivity index (χ1n) is 7.67. The standard InChI is InChI=1S/C18H19FN2O2.ClH/c19-15-8-6-14(7-9-15)17(13-4-2-1-3-5-13)21-18(22)16-12-20-10-11-23-16;/h1-9,16-17,20H,10-12H2,(H,21,22);1H. The molecule has 0 aliphatic carbocycles. The van der Waals surface area contributed by atoms with E-state index in [1.165, 1.54) is 12.1 Å². The average molecular weight is 351 g/mol. The van der Waals surface area contributed by atoms with Crippen molar-refractivity contribution in [1.29, 1.82) is 0 Å². The molecular formula is C18H20ClFN2O2. The molecule has 3 rings (SSSR count). The Morgan fingerprint density at radius 3 is 2.42 bits per heavy atom. The first-order valence-corrected chi connectivity index (χ1v) is 7.67. The predicted molar refractivity (Wildman–Crippen MR) is 92.7 cm³/mol. The molecule has 1 heterocycles. The lowest BCUT2D eigenvalue weighted by Crippen LogP contribution is -2.48. The number of ether oxygens (including phenoxy) is 1. The summed E-state index contributed by atoms with van der Waals surface area (Å²) in [5.41, 5.74) is 1.77. The highest BCUT2D eigenvalue weighted by atomic mass is 35.5. The van der Waals surface area contributed by atoms with Crippen LogP contribution in [-0.2, 0) is 9.53 Å². The molecule has 1 amide bonds. The molecule has 1 fully saturated rings. The molecule has 0 saturated carbocycles. The van der Waals surface area contributed by atoms with Crippen molar-refractivity contribution in [3.05, 3.63) is 71.5 Å². The molecule has 1 aliphatic rings. The van der Waals surface area contributed by atoms with Crippen molar-refractivity contribution in [2.75, 3.05) is 19.7 Å². The van der Waals surface area contributed by atoms with E-state index in [2.05, 4.69) is 10.6 Å². The van der Waals surface area contributed by atoms with Gasteiger partial charge in [0.25, 0.3) is 5.91 Å². The van der Waals surface area contributed by atoms with Crippen molar-refractivity contribution in [2.24, 2.45) is 0 Å². The number of amides is 1. The number of benzene rings is 2. The SMILES string of the molecule is Cl.O=C(NC(c1ccccc1)c1ccc(F)cc1)C1CNCCO1. The molecule has 24 heavy (non-hydrogen) atoms. The molecule has 6 heteroatoms. The van der Waals surface area contributed by atoms with E-state index in [4.69, 9.17) is 4.74 Å². The van der Waals surface area contributed by atoms with Gasteiger partial charge in [-0.1, -0.05) is 42.5 Å². The fraction of sp³-hybridized carbons (Fsp3) is 0.278. The zero-order chi connectivity index (χ0) is 16.1. The number of rotatable bonds is 4. The van der Waals surface area contributed by atoms with Crippen molar-refractivity contribution in [1.82, 2.24) is 10.6 Å².